The lowest BCUT2D eigenvalue weighted by atomic mass is 10.2. The van der Waals surface area contributed by atoms with Crippen molar-refractivity contribution in [1.29, 1.82) is 0 Å². The van der Waals surface area contributed by atoms with Crippen LogP contribution in [0.25, 0.3) is 0 Å². The van der Waals surface area contributed by atoms with Crippen LogP contribution in [-0.4, -0.2) is 32.5 Å². The maximum Gasteiger partial charge on any atom is 0.240 e. The predicted molar refractivity (Wildman–Crippen MR) is 87.8 cm³/mol. The number of nitrogens with two attached hydrogens (primary N) is 1. The van der Waals surface area contributed by atoms with E-state index in [1.165, 1.54) is 6.07 Å². The average molecular weight is 317 g/mol. The Labute approximate surface area is 125 Å². The monoisotopic (exact) mass is 317 g/mol. The molecule has 0 aliphatic heterocycles. The van der Waals surface area contributed by atoms with Crippen LogP contribution in [0.15, 0.2) is 23.1 Å². The lowest BCUT2D eigenvalue weighted by Crippen LogP contribution is -2.26. The second-order valence-electron chi connectivity index (χ2n) is 5.07. The number of hydrogen-bond acceptors (Lipinski definition) is 5. The Morgan fingerprint density at radius 3 is 2.55 bits per heavy atom. The van der Waals surface area contributed by atoms with Gasteiger partial charge in [-0.25, -0.2) is 13.1 Å². The molecule has 20 heavy (non-hydrogen) atoms. The zero-order valence-electron chi connectivity index (χ0n) is 12.4. The number of anilines is 2. The van der Waals surface area contributed by atoms with E-state index in [0.29, 0.717) is 24.5 Å². The summed E-state index contributed by atoms with van der Waals surface area (Å²) in [4.78, 5) is 0.220. The highest BCUT2D eigenvalue weighted by Gasteiger charge is 2.18. The normalized spacial score (nSPS) is 12.4. The van der Waals surface area contributed by atoms with Crippen molar-refractivity contribution in [3.05, 3.63) is 18.2 Å². The SMILES string of the molecule is CCNS(=O)(=O)c1ccc(N)c(NCC(C)(C)SC)c1. The molecule has 0 unspecified atom stereocenters. The van der Waals surface area contributed by atoms with Crippen LogP contribution >= 0.6 is 11.8 Å². The standard InChI is InChI=1S/C13H23N3O2S2/c1-5-16-20(17,18)10-6-7-11(14)12(8-10)15-9-13(2,3)19-4/h6-8,15-16H,5,9,14H2,1-4H3. The van der Waals surface area contributed by atoms with Gasteiger partial charge in [-0.3, -0.25) is 0 Å². The molecule has 0 bridgehead atoms. The van der Waals surface area contributed by atoms with Crippen molar-refractivity contribution in [1.82, 2.24) is 4.72 Å². The fourth-order valence-corrected chi connectivity index (χ4v) is 2.79. The van der Waals surface area contributed by atoms with Crippen LogP contribution in [0.5, 0.6) is 0 Å². The first-order valence-electron chi connectivity index (χ1n) is 6.40. The van der Waals surface area contributed by atoms with Crippen molar-refractivity contribution in [3.8, 4) is 0 Å². The number of nitrogen functional groups attached to an aromatic ring is 1. The summed E-state index contributed by atoms with van der Waals surface area (Å²) >= 11 is 1.74. The smallest absolute Gasteiger partial charge is 0.240 e. The molecule has 0 aliphatic rings. The summed E-state index contributed by atoms with van der Waals surface area (Å²) in [5, 5.41) is 3.22. The highest BCUT2D eigenvalue weighted by molar-refractivity contribution is 7.99. The second-order valence-corrected chi connectivity index (χ2v) is 8.35. The van der Waals surface area contributed by atoms with Gasteiger partial charge in [0.2, 0.25) is 10.0 Å². The van der Waals surface area contributed by atoms with E-state index in [1.54, 1.807) is 30.8 Å². The Bertz CT molecular complexity index is 557. The number of benzene rings is 1. The van der Waals surface area contributed by atoms with Gasteiger partial charge in [-0.2, -0.15) is 11.8 Å². The van der Waals surface area contributed by atoms with Crippen molar-refractivity contribution in [2.24, 2.45) is 0 Å². The third kappa shape index (κ3) is 4.57. The molecule has 0 aromatic heterocycles. The van der Waals surface area contributed by atoms with Gasteiger partial charge in [-0.15, -0.1) is 0 Å². The van der Waals surface area contributed by atoms with Crippen molar-refractivity contribution >= 4 is 33.2 Å². The molecule has 0 spiro atoms. The highest BCUT2D eigenvalue weighted by atomic mass is 32.2. The summed E-state index contributed by atoms with van der Waals surface area (Å²) in [5.74, 6) is 0. The molecule has 1 aromatic rings. The number of thioether (sulfide) groups is 1. The largest absolute Gasteiger partial charge is 0.397 e. The molecule has 1 rings (SSSR count). The third-order valence-corrected chi connectivity index (χ3v) is 5.72. The van der Waals surface area contributed by atoms with Crippen LogP contribution in [0.1, 0.15) is 20.8 Å². The zero-order valence-corrected chi connectivity index (χ0v) is 14.0. The maximum atomic E-state index is 12.0. The van der Waals surface area contributed by atoms with E-state index in [9.17, 15) is 8.42 Å². The van der Waals surface area contributed by atoms with Crippen LogP contribution in [0.4, 0.5) is 11.4 Å². The molecule has 0 saturated heterocycles. The van der Waals surface area contributed by atoms with E-state index in [0.717, 1.165) is 0 Å². The van der Waals surface area contributed by atoms with Gasteiger partial charge in [0.25, 0.3) is 0 Å². The van der Waals surface area contributed by atoms with Gasteiger partial charge < -0.3 is 11.1 Å². The van der Waals surface area contributed by atoms with E-state index in [-0.39, 0.29) is 9.64 Å². The van der Waals surface area contributed by atoms with Gasteiger partial charge in [0, 0.05) is 17.8 Å². The predicted octanol–water partition coefficient (Wildman–Crippen LogP) is 2.12. The van der Waals surface area contributed by atoms with E-state index in [2.05, 4.69) is 23.9 Å². The lowest BCUT2D eigenvalue weighted by molar-refractivity contribution is 0.584. The van der Waals surface area contributed by atoms with Gasteiger partial charge in [0.1, 0.15) is 0 Å². The van der Waals surface area contributed by atoms with Gasteiger partial charge in [-0.1, -0.05) is 6.92 Å². The minimum Gasteiger partial charge on any atom is -0.397 e. The van der Waals surface area contributed by atoms with Crippen LogP contribution in [0, 0.1) is 0 Å². The summed E-state index contributed by atoms with van der Waals surface area (Å²) in [6, 6.07) is 4.70. The summed E-state index contributed by atoms with van der Waals surface area (Å²) in [7, 11) is -3.46. The molecule has 0 saturated carbocycles. The summed E-state index contributed by atoms with van der Waals surface area (Å²) < 4.78 is 26.5. The van der Waals surface area contributed by atoms with E-state index >= 15 is 0 Å². The molecule has 0 radical (unpaired) electrons. The highest BCUT2D eigenvalue weighted by Crippen LogP contribution is 2.26. The van der Waals surface area contributed by atoms with Crippen LogP contribution < -0.4 is 15.8 Å². The molecule has 7 heteroatoms. The third-order valence-electron chi connectivity index (χ3n) is 2.93. The number of rotatable bonds is 7. The van der Waals surface area contributed by atoms with Crippen molar-refractivity contribution in [2.75, 3.05) is 30.4 Å². The molecule has 1 aromatic carbocycles. The van der Waals surface area contributed by atoms with Crippen LogP contribution in [0.2, 0.25) is 0 Å². The molecule has 0 amide bonds. The Morgan fingerprint density at radius 2 is 2.00 bits per heavy atom. The van der Waals surface area contributed by atoms with E-state index in [1.807, 2.05) is 6.26 Å². The molecule has 0 fully saturated rings. The van der Waals surface area contributed by atoms with Gasteiger partial charge in [0.15, 0.2) is 0 Å². The van der Waals surface area contributed by atoms with Gasteiger partial charge in [-0.05, 0) is 38.3 Å². The van der Waals surface area contributed by atoms with Crippen molar-refractivity contribution < 1.29 is 8.42 Å². The lowest BCUT2D eigenvalue weighted by Gasteiger charge is -2.23. The Morgan fingerprint density at radius 1 is 1.35 bits per heavy atom. The first-order chi connectivity index (χ1) is 9.22. The summed E-state index contributed by atoms with van der Waals surface area (Å²) in [5.41, 5.74) is 7.08. The Balaban J connectivity index is 2.98. The van der Waals surface area contributed by atoms with E-state index < -0.39 is 10.0 Å². The fourth-order valence-electron chi connectivity index (χ4n) is 1.51. The van der Waals surface area contributed by atoms with E-state index in [4.69, 9.17) is 5.73 Å². The first-order valence-corrected chi connectivity index (χ1v) is 9.11. The molecule has 5 nitrogen and oxygen atoms in total. The molecule has 4 N–H and O–H groups in total. The summed E-state index contributed by atoms with van der Waals surface area (Å²) in [6.07, 6.45) is 2.04. The molecular formula is C13H23N3O2S2. The minimum absolute atomic E-state index is 0.0446. The second kappa shape index (κ2) is 6.69. The zero-order chi connectivity index (χ0) is 15.4. The molecule has 0 aliphatic carbocycles. The van der Waals surface area contributed by atoms with Gasteiger partial charge >= 0.3 is 0 Å². The summed E-state index contributed by atoms with van der Waals surface area (Å²) in [6.45, 7) is 7.02. The number of hydrogen-bond donors (Lipinski definition) is 3. The van der Waals surface area contributed by atoms with Crippen molar-refractivity contribution in [3.63, 3.8) is 0 Å². The average Bonchev–Trinajstić information content (AvgIpc) is 2.37. The maximum absolute atomic E-state index is 12.0. The van der Waals surface area contributed by atoms with Crippen molar-refractivity contribution in [2.45, 2.75) is 30.4 Å². The number of nitrogens with one attached hydrogen (secondary N) is 2. The fraction of sp³-hybridized carbons (Fsp3) is 0.538. The Kier molecular flexibility index (Phi) is 5.73. The molecule has 0 heterocycles. The molecule has 114 valence electrons. The molecule has 0 atom stereocenters. The van der Waals surface area contributed by atoms with Crippen LogP contribution in [0.3, 0.4) is 0 Å². The minimum atomic E-state index is -3.46. The quantitative estimate of drug-likeness (QED) is 0.671. The molecular weight excluding hydrogens is 294 g/mol. The number of sulfonamides is 1. The first kappa shape index (κ1) is 17.1. The Hall–Kier alpha value is -0.920. The topological polar surface area (TPSA) is 84.2 Å². The van der Waals surface area contributed by atoms with Crippen LogP contribution in [-0.2, 0) is 10.0 Å². The van der Waals surface area contributed by atoms with Gasteiger partial charge in [0.05, 0.1) is 16.3 Å².